The van der Waals surface area contributed by atoms with Gasteiger partial charge >= 0.3 is 5.97 Å². The van der Waals surface area contributed by atoms with E-state index in [1.807, 2.05) is 0 Å². The number of carbonyl (C=O) groups is 1. The Morgan fingerprint density at radius 3 is 2.47 bits per heavy atom. The molecule has 0 unspecified atom stereocenters. The van der Waals surface area contributed by atoms with Crippen molar-refractivity contribution in [1.82, 2.24) is 0 Å². The molecule has 0 aromatic rings. The summed E-state index contributed by atoms with van der Waals surface area (Å²) in [6.07, 6.45) is 8.30. The van der Waals surface area contributed by atoms with Gasteiger partial charge in [0.25, 0.3) is 0 Å². The second kappa shape index (κ2) is 11.9. The van der Waals surface area contributed by atoms with Crippen LogP contribution in [-0.2, 0) is 9.53 Å². The first kappa shape index (κ1) is 14.8. The van der Waals surface area contributed by atoms with Crippen LogP contribution in [0.2, 0.25) is 0 Å². The van der Waals surface area contributed by atoms with Gasteiger partial charge in [-0.2, -0.15) is 12.6 Å². The lowest BCUT2D eigenvalue weighted by Gasteiger charge is -2.03. The molecular formula is C12H24O2S. The maximum atomic E-state index is 11.2. The summed E-state index contributed by atoms with van der Waals surface area (Å²) in [6.45, 7) is 2.74. The molecule has 0 amide bonds. The van der Waals surface area contributed by atoms with Crippen LogP contribution in [0.15, 0.2) is 0 Å². The lowest BCUT2D eigenvalue weighted by molar-refractivity contribution is -0.143. The van der Waals surface area contributed by atoms with Gasteiger partial charge in [0.05, 0.1) is 6.61 Å². The average Bonchev–Trinajstić information content (AvgIpc) is 2.24. The highest BCUT2D eigenvalue weighted by atomic mass is 32.1. The third-order valence-corrected chi connectivity index (χ3v) is 2.62. The first-order valence-electron chi connectivity index (χ1n) is 6.07. The maximum absolute atomic E-state index is 11.2. The zero-order valence-electron chi connectivity index (χ0n) is 9.83. The molecule has 0 atom stereocenters. The maximum Gasteiger partial charge on any atom is 0.305 e. The van der Waals surface area contributed by atoms with Crippen molar-refractivity contribution in [3.8, 4) is 0 Å². The Bertz CT molecular complexity index is 149. The second-order valence-corrected chi connectivity index (χ2v) is 4.26. The smallest absolute Gasteiger partial charge is 0.305 e. The minimum absolute atomic E-state index is 0.0306. The van der Waals surface area contributed by atoms with E-state index < -0.39 is 0 Å². The Morgan fingerprint density at radius 2 is 1.80 bits per heavy atom. The summed E-state index contributed by atoms with van der Waals surface area (Å²) in [6, 6.07) is 0. The number of thiol groups is 1. The summed E-state index contributed by atoms with van der Waals surface area (Å²) < 4.78 is 5.10. The number of unbranched alkanes of at least 4 members (excludes halogenated alkanes) is 5. The van der Waals surface area contributed by atoms with Gasteiger partial charge in [0.15, 0.2) is 0 Å². The molecule has 0 N–H and O–H groups in total. The molecule has 0 bridgehead atoms. The van der Waals surface area contributed by atoms with Crippen LogP contribution in [0.25, 0.3) is 0 Å². The van der Waals surface area contributed by atoms with Crippen LogP contribution < -0.4 is 0 Å². The summed E-state index contributed by atoms with van der Waals surface area (Å²) in [5, 5.41) is 0. The SMILES string of the molecule is CCCCCOC(=O)CCCCCCS. The second-order valence-electron chi connectivity index (χ2n) is 3.82. The minimum atomic E-state index is -0.0306. The molecule has 0 radical (unpaired) electrons. The number of hydrogen-bond donors (Lipinski definition) is 1. The van der Waals surface area contributed by atoms with Crippen molar-refractivity contribution in [2.45, 2.75) is 58.3 Å². The summed E-state index contributed by atoms with van der Waals surface area (Å²) in [4.78, 5) is 11.2. The predicted octanol–water partition coefficient (Wildman–Crippen LogP) is 3.60. The van der Waals surface area contributed by atoms with Gasteiger partial charge in [-0.1, -0.05) is 32.6 Å². The molecule has 0 spiro atoms. The topological polar surface area (TPSA) is 26.3 Å². The van der Waals surface area contributed by atoms with Crippen LogP contribution in [0.4, 0.5) is 0 Å². The molecule has 0 aromatic carbocycles. The standard InChI is InChI=1S/C12H24O2S/c1-2-3-7-10-14-12(13)9-6-4-5-8-11-15/h15H,2-11H2,1H3. The van der Waals surface area contributed by atoms with E-state index in [9.17, 15) is 4.79 Å². The molecule has 90 valence electrons. The molecule has 0 aromatic heterocycles. The minimum Gasteiger partial charge on any atom is -0.466 e. The molecule has 0 rings (SSSR count). The van der Waals surface area contributed by atoms with Crippen molar-refractivity contribution < 1.29 is 9.53 Å². The van der Waals surface area contributed by atoms with Crippen molar-refractivity contribution in [2.24, 2.45) is 0 Å². The van der Waals surface area contributed by atoms with E-state index in [1.54, 1.807) is 0 Å². The first-order valence-corrected chi connectivity index (χ1v) is 6.71. The van der Waals surface area contributed by atoms with Gasteiger partial charge in [-0.15, -0.1) is 0 Å². The molecule has 2 nitrogen and oxygen atoms in total. The van der Waals surface area contributed by atoms with Crippen LogP contribution in [-0.4, -0.2) is 18.3 Å². The Kier molecular flexibility index (Phi) is 11.7. The zero-order chi connectivity index (χ0) is 11.4. The van der Waals surface area contributed by atoms with Crippen molar-refractivity contribution in [1.29, 1.82) is 0 Å². The van der Waals surface area contributed by atoms with Gasteiger partial charge in [0, 0.05) is 6.42 Å². The fourth-order valence-electron chi connectivity index (χ4n) is 1.34. The van der Waals surface area contributed by atoms with E-state index in [1.165, 1.54) is 12.8 Å². The molecule has 0 heterocycles. The summed E-state index contributed by atoms with van der Waals surface area (Å²) in [5.41, 5.74) is 0. The van der Waals surface area contributed by atoms with E-state index in [0.29, 0.717) is 13.0 Å². The normalized spacial score (nSPS) is 10.3. The third-order valence-electron chi connectivity index (χ3n) is 2.30. The summed E-state index contributed by atoms with van der Waals surface area (Å²) in [7, 11) is 0. The van der Waals surface area contributed by atoms with E-state index in [2.05, 4.69) is 19.6 Å². The van der Waals surface area contributed by atoms with Gasteiger partial charge in [0.1, 0.15) is 0 Å². The van der Waals surface area contributed by atoms with Gasteiger partial charge < -0.3 is 4.74 Å². The Morgan fingerprint density at radius 1 is 1.07 bits per heavy atom. The number of ether oxygens (including phenoxy) is 1. The van der Waals surface area contributed by atoms with Crippen molar-refractivity contribution in [2.75, 3.05) is 12.4 Å². The van der Waals surface area contributed by atoms with Gasteiger partial charge in [-0.3, -0.25) is 4.79 Å². The highest BCUT2D eigenvalue weighted by molar-refractivity contribution is 7.80. The highest BCUT2D eigenvalue weighted by Crippen LogP contribution is 2.05. The molecule has 0 aliphatic heterocycles. The first-order chi connectivity index (χ1) is 7.31. The fraction of sp³-hybridized carbons (Fsp3) is 0.917. The average molecular weight is 232 g/mol. The van der Waals surface area contributed by atoms with Crippen LogP contribution >= 0.6 is 12.6 Å². The molecule has 0 saturated carbocycles. The Hall–Kier alpha value is -0.180. The quantitative estimate of drug-likeness (QED) is 0.354. The summed E-state index contributed by atoms with van der Waals surface area (Å²) in [5.74, 6) is 0.915. The molecule has 0 fully saturated rings. The van der Waals surface area contributed by atoms with Crippen molar-refractivity contribution >= 4 is 18.6 Å². The zero-order valence-corrected chi connectivity index (χ0v) is 10.7. The van der Waals surface area contributed by atoms with Crippen molar-refractivity contribution in [3.63, 3.8) is 0 Å². The van der Waals surface area contributed by atoms with E-state index in [0.717, 1.165) is 37.9 Å². The van der Waals surface area contributed by atoms with Crippen LogP contribution in [0.3, 0.4) is 0 Å². The number of hydrogen-bond acceptors (Lipinski definition) is 3. The largest absolute Gasteiger partial charge is 0.466 e. The lowest BCUT2D eigenvalue weighted by Crippen LogP contribution is -2.05. The van der Waals surface area contributed by atoms with E-state index in [4.69, 9.17) is 4.74 Å². The number of carbonyl (C=O) groups excluding carboxylic acids is 1. The highest BCUT2D eigenvalue weighted by Gasteiger charge is 2.01. The summed E-state index contributed by atoms with van der Waals surface area (Å²) >= 11 is 4.14. The Labute approximate surface area is 99.2 Å². The third kappa shape index (κ3) is 11.7. The van der Waals surface area contributed by atoms with Crippen molar-refractivity contribution in [3.05, 3.63) is 0 Å². The molecule has 15 heavy (non-hydrogen) atoms. The van der Waals surface area contributed by atoms with Crippen LogP contribution in [0, 0.1) is 0 Å². The molecular weight excluding hydrogens is 208 g/mol. The van der Waals surface area contributed by atoms with Gasteiger partial charge in [0.2, 0.25) is 0 Å². The fourth-order valence-corrected chi connectivity index (χ4v) is 1.57. The van der Waals surface area contributed by atoms with Crippen LogP contribution in [0.1, 0.15) is 58.3 Å². The number of esters is 1. The molecule has 0 aliphatic rings. The lowest BCUT2D eigenvalue weighted by atomic mass is 10.1. The van der Waals surface area contributed by atoms with E-state index >= 15 is 0 Å². The molecule has 0 aliphatic carbocycles. The number of rotatable bonds is 10. The van der Waals surface area contributed by atoms with Crippen LogP contribution in [0.5, 0.6) is 0 Å². The van der Waals surface area contributed by atoms with Gasteiger partial charge in [-0.25, -0.2) is 0 Å². The molecule has 3 heteroatoms. The van der Waals surface area contributed by atoms with Gasteiger partial charge in [-0.05, 0) is 25.0 Å². The predicted molar refractivity (Wildman–Crippen MR) is 67.4 cm³/mol. The van der Waals surface area contributed by atoms with E-state index in [-0.39, 0.29) is 5.97 Å². The monoisotopic (exact) mass is 232 g/mol. The Balaban J connectivity index is 3.11. The molecule has 0 saturated heterocycles.